The number of nitrogens with one attached hydrogen (secondary N) is 4. The summed E-state index contributed by atoms with van der Waals surface area (Å²) in [5.41, 5.74) is 8.18. The van der Waals surface area contributed by atoms with Gasteiger partial charge in [-0.15, -0.1) is 11.6 Å². The Labute approximate surface area is 302 Å². The number of hydrogen-bond acceptors (Lipinski definition) is 12. The van der Waals surface area contributed by atoms with Crippen LogP contribution in [0.25, 0.3) is 0 Å². The third kappa shape index (κ3) is 10.8. The molecule has 0 spiro atoms. The van der Waals surface area contributed by atoms with Gasteiger partial charge in [-0.3, -0.25) is 19.5 Å². The summed E-state index contributed by atoms with van der Waals surface area (Å²) in [6, 6.07) is 0.132. The van der Waals surface area contributed by atoms with Crippen molar-refractivity contribution in [2.45, 2.75) is 126 Å². The molecule has 8 unspecified atom stereocenters. The Morgan fingerprint density at radius 3 is 2.28 bits per heavy atom. The molecule has 9 atom stereocenters. The van der Waals surface area contributed by atoms with Gasteiger partial charge in [-0.25, -0.2) is 10.9 Å². The van der Waals surface area contributed by atoms with Gasteiger partial charge in [-0.05, 0) is 77.0 Å². The Morgan fingerprint density at radius 2 is 1.58 bits per heavy atom. The van der Waals surface area contributed by atoms with E-state index in [0.717, 1.165) is 51.4 Å². The van der Waals surface area contributed by atoms with Crippen LogP contribution < -0.4 is 21.5 Å². The summed E-state index contributed by atoms with van der Waals surface area (Å²) in [7, 11) is 1.81. The minimum Gasteiger partial charge on any atom is -0.390 e. The highest BCUT2D eigenvalue weighted by Crippen LogP contribution is 2.42. The van der Waals surface area contributed by atoms with Gasteiger partial charge in [-0.2, -0.15) is 0 Å². The summed E-state index contributed by atoms with van der Waals surface area (Å²) in [5, 5.41) is 25.8. The predicted octanol–water partition coefficient (Wildman–Crippen LogP) is 1.07. The number of carbonyl (C=O) groups is 2. The maximum absolute atomic E-state index is 13.2. The van der Waals surface area contributed by atoms with Crippen molar-refractivity contribution in [3.63, 3.8) is 0 Å². The van der Waals surface area contributed by atoms with E-state index in [-0.39, 0.29) is 41.7 Å². The lowest BCUT2D eigenvalue weighted by Crippen LogP contribution is -2.55. The molecule has 5 aliphatic rings. The second-order valence-corrected chi connectivity index (χ2v) is 15.2. The number of hydrazine groups is 1. The number of alkyl halides is 1. The van der Waals surface area contributed by atoms with Crippen molar-refractivity contribution in [1.82, 2.24) is 26.4 Å². The summed E-state index contributed by atoms with van der Waals surface area (Å²) in [6.45, 7) is 5.22. The van der Waals surface area contributed by atoms with Crippen LogP contribution in [0.15, 0.2) is 4.99 Å². The minimum absolute atomic E-state index is 0.0378. The van der Waals surface area contributed by atoms with Gasteiger partial charge in [0.2, 0.25) is 11.8 Å². The topological polar surface area (TPSA) is 175 Å². The number of nitrogens with zero attached hydrogens (tertiary/aromatic N) is 2. The molecule has 5 rings (SSSR count). The van der Waals surface area contributed by atoms with E-state index in [1.54, 1.807) is 0 Å². The van der Waals surface area contributed by atoms with E-state index in [0.29, 0.717) is 89.9 Å². The summed E-state index contributed by atoms with van der Waals surface area (Å²) >= 11 is 6.51. The largest absolute Gasteiger partial charge is 0.390 e. The molecule has 50 heavy (non-hydrogen) atoms. The zero-order valence-corrected chi connectivity index (χ0v) is 30.7. The number of carbonyl (C=O) groups excluding carboxylic acids is 2. The van der Waals surface area contributed by atoms with E-state index in [1.807, 2.05) is 7.11 Å². The Balaban J connectivity index is 0.979. The zero-order valence-electron chi connectivity index (χ0n) is 29.9. The number of methoxy groups -OCH3 is 1. The first-order valence-corrected chi connectivity index (χ1v) is 19.4. The van der Waals surface area contributed by atoms with Gasteiger partial charge in [0.25, 0.3) is 0 Å². The fraction of sp³-hybridized carbons (Fsp3) is 0.914. The Kier molecular flexibility index (Phi) is 16.0. The molecule has 3 aliphatic carbocycles. The maximum atomic E-state index is 13.2. The molecule has 6 N–H and O–H groups in total. The molecule has 2 heterocycles. The first kappa shape index (κ1) is 39.7. The fourth-order valence-corrected chi connectivity index (χ4v) is 8.80. The number of halogens is 1. The Hall–Kier alpha value is -1.46. The predicted molar refractivity (Wildman–Crippen MR) is 189 cm³/mol. The van der Waals surface area contributed by atoms with Gasteiger partial charge in [0.05, 0.1) is 88.7 Å². The number of rotatable bonds is 17. The van der Waals surface area contributed by atoms with Gasteiger partial charge in [0.1, 0.15) is 0 Å². The highest BCUT2D eigenvalue weighted by molar-refractivity contribution is 6.20. The monoisotopic (exact) mass is 728 g/mol. The Bertz CT molecular complexity index is 1100. The van der Waals surface area contributed by atoms with E-state index >= 15 is 0 Å². The fourth-order valence-electron chi connectivity index (χ4n) is 8.55. The van der Waals surface area contributed by atoms with E-state index in [2.05, 4.69) is 33.3 Å². The third-order valence-electron chi connectivity index (χ3n) is 11.2. The third-order valence-corrected chi connectivity index (χ3v) is 11.7. The van der Waals surface area contributed by atoms with E-state index in [4.69, 9.17) is 35.5 Å². The number of aliphatic hydroxyl groups is 2. The molecule has 15 heteroatoms. The molecule has 0 radical (unpaired) electrons. The van der Waals surface area contributed by atoms with Crippen molar-refractivity contribution < 1.29 is 38.7 Å². The average Bonchev–Trinajstić information content (AvgIpc) is 3.44. The van der Waals surface area contributed by atoms with Gasteiger partial charge >= 0.3 is 0 Å². The van der Waals surface area contributed by atoms with Crippen LogP contribution in [0.4, 0.5) is 0 Å². The highest BCUT2D eigenvalue weighted by Gasteiger charge is 2.50. The summed E-state index contributed by atoms with van der Waals surface area (Å²) in [5.74, 6) is -0.158. The SMILES string of the molecule is COC1CCC2C(C1)C(C1CCC(Cl)CC1)=N[C@@H](CC(=O)NCCOCCOCCOCCNC(=O)C1CCCC(O)C1O)C1NNC(C)N21. The van der Waals surface area contributed by atoms with Crippen molar-refractivity contribution in [3.05, 3.63) is 0 Å². The maximum Gasteiger partial charge on any atom is 0.225 e. The van der Waals surface area contributed by atoms with Crippen LogP contribution in [0.1, 0.15) is 77.6 Å². The van der Waals surface area contributed by atoms with E-state index < -0.39 is 18.1 Å². The molecule has 14 nitrogen and oxygen atoms in total. The summed E-state index contributed by atoms with van der Waals surface area (Å²) in [6.07, 6.45) is 7.72. The normalized spacial score (nSPS) is 36.2. The van der Waals surface area contributed by atoms with Crippen LogP contribution in [0.2, 0.25) is 0 Å². The highest BCUT2D eigenvalue weighted by atomic mass is 35.5. The average molecular weight is 729 g/mol. The molecule has 0 aromatic rings. The molecule has 0 aromatic heterocycles. The zero-order chi connectivity index (χ0) is 35.5. The number of fused-ring (bicyclic) bond motifs is 3. The molecular weight excluding hydrogens is 668 g/mol. The molecule has 0 bridgehead atoms. The van der Waals surface area contributed by atoms with Crippen molar-refractivity contribution in [3.8, 4) is 0 Å². The number of aliphatic imine (C=N–C) groups is 1. The smallest absolute Gasteiger partial charge is 0.225 e. The molecule has 3 saturated carbocycles. The van der Waals surface area contributed by atoms with E-state index in [9.17, 15) is 19.8 Å². The Morgan fingerprint density at radius 1 is 0.900 bits per heavy atom. The lowest BCUT2D eigenvalue weighted by Gasteiger charge is -2.44. The van der Waals surface area contributed by atoms with Crippen molar-refractivity contribution in [1.29, 1.82) is 0 Å². The van der Waals surface area contributed by atoms with E-state index in [1.165, 1.54) is 5.71 Å². The molecule has 0 aromatic carbocycles. The lowest BCUT2D eigenvalue weighted by molar-refractivity contribution is -0.135. The van der Waals surface area contributed by atoms with Gasteiger partial charge in [0.15, 0.2) is 0 Å². The van der Waals surface area contributed by atoms with Crippen LogP contribution in [0.5, 0.6) is 0 Å². The standard InChI is InChI=1S/C35H61ClN6O8/c1-22-40-41-34-28(39-32(23-6-8-24(36)9-7-23)27-20-25(47-2)10-11-29(27)42(22)34)21-31(44)37-12-14-48-16-18-50-19-17-49-15-13-38-35(46)26-4-3-5-30(43)33(26)45/h22-30,33-34,40-41,43,45H,3-21H2,1-2H3,(H,37,44)(H,38,46)/t22?,23?,24?,25?,26?,27?,28-,29?,30?,33?,34?/m0/s1. The molecule has 286 valence electrons. The van der Waals surface area contributed by atoms with Gasteiger partial charge < -0.3 is 39.8 Å². The molecule has 2 aliphatic heterocycles. The number of aliphatic hydroxyl groups excluding tert-OH is 2. The van der Waals surface area contributed by atoms with Crippen LogP contribution in [-0.4, -0.2) is 141 Å². The first-order valence-electron chi connectivity index (χ1n) is 18.9. The van der Waals surface area contributed by atoms with Gasteiger partial charge in [0, 0.05) is 43.2 Å². The number of ether oxygens (including phenoxy) is 4. The van der Waals surface area contributed by atoms with Crippen LogP contribution in [0.3, 0.4) is 0 Å². The van der Waals surface area contributed by atoms with Crippen molar-refractivity contribution in [2.24, 2.45) is 22.7 Å². The van der Waals surface area contributed by atoms with Crippen LogP contribution in [0, 0.1) is 17.8 Å². The van der Waals surface area contributed by atoms with Gasteiger partial charge in [-0.1, -0.05) is 0 Å². The number of amides is 2. The van der Waals surface area contributed by atoms with Crippen molar-refractivity contribution >= 4 is 29.1 Å². The molecule has 4 fully saturated rings. The molecule has 1 saturated heterocycles. The van der Waals surface area contributed by atoms with Crippen LogP contribution >= 0.6 is 11.6 Å². The second-order valence-electron chi connectivity index (χ2n) is 14.5. The first-order chi connectivity index (χ1) is 24.3. The molecule has 2 amide bonds. The summed E-state index contributed by atoms with van der Waals surface area (Å²) in [4.78, 5) is 33.5. The quantitative estimate of drug-likeness (QED) is 0.0934. The summed E-state index contributed by atoms with van der Waals surface area (Å²) < 4.78 is 22.6. The minimum atomic E-state index is -1.01. The second kappa shape index (κ2) is 20.1. The molecular formula is C35H61ClN6O8. The number of hydrogen-bond donors (Lipinski definition) is 6. The van der Waals surface area contributed by atoms with Crippen LogP contribution in [-0.2, 0) is 28.5 Å². The van der Waals surface area contributed by atoms with Crippen molar-refractivity contribution in [2.75, 3.05) is 59.8 Å². The lowest BCUT2D eigenvalue weighted by atomic mass is 9.72.